The summed E-state index contributed by atoms with van der Waals surface area (Å²) in [5.74, 6) is 1.63. The molecule has 0 aliphatic heterocycles. The van der Waals surface area contributed by atoms with Gasteiger partial charge in [-0.05, 0) is 44.7 Å². The SMILES string of the molecule is CC(Sc1nnc(C2CC2)n1-c1ccccc1)C(=O)NC1CCCC1. The molecular weight excluding hydrogens is 332 g/mol. The fourth-order valence-corrected chi connectivity index (χ4v) is 4.27. The number of carbonyl (C=O) groups excluding carboxylic acids is 1. The molecule has 1 amide bonds. The number of para-hydroxylation sites is 1. The Morgan fingerprint density at radius 1 is 1.16 bits per heavy atom. The van der Waals surface area contributed by atoms with Crippen LogP contribution in [0, 0.1) is 0 Å². The third kappa shape index (κ3) is 3.73. The lowest BCUT2D eigenvalue weighted by atomic mass is 10.2. The lowest BCUT2D eigenvalue weighted by Crippen LogP contribution is -2.37. The fourth-order valence-electron chi connectivity index (χ4n) is 3.38. The molecule has 0 radical (unpaired) electrons. The highest BCUT2D eigenvalue weighted by Gasteiger charge is 2.32. The van der Waals surface area contributed by atoms with Gasteiger partial charge in [-0.2, -0.15) is 0 Å². The second-order valence-corrected chi connectivity index (χ2v) is 8.34. The Balaban J connectivity index is 1.52. The van der Waals surface area contributed by atoms with E-state index in [0.29, 0.717) is 12.0 Å². The molecular formula is C19H24N4OS. The Morgan fingerprint density at radius 2 is 1.88 bits per heavy atom. The van der Waals surface area contributed by atoms with Crippen molar-refractivity contribution >= 4 is 17.7 Å². The van der Waals surface area contributed by atoms with Crippen LogP contribution in [0.1, 0.15) is 57.2 Å². The van der Waals surface area contributed by atoms with Crippen LogP contribution < -0.4 is 5.32 Å². The first-order chi connectivity index (χ1) is 12.2. The maximum atomic E-state index is 12.5. The Labute approximate surface area is 152 Å². The summed E-state index contributed by atoms with van der Waals surface area (Å²) in [4.78, 5) is 12.5. The van der Waals surface area contributed by atoms with Crippen molar-refractivity contribution in [3.05, 3.63) is 36.2 Å². The van der Waals surface area contributed by atoms with Crippen molar-refractivity contribution in [2.45, 2.75) is 67.8 Å². The first kappa shape index (κ1) is 16.6. The van der Waals surface area contributed by atoms with Gasteiger partial charge in [0.1, 0.15) is 5.82 Å². The largest absolute Gasteiger partial charge is 0.352 e. The molecule has 132 valence electrons. The van der Waals surface area contributed by atoms with E-state index in [2.05, 4.69) is 32.2 Å². The van der Waals surface area contributed by atoms with E-state index in [1.54, 1.807) is 0 Å². The summed E-state index contributed by atoms with van der Waals surface area (Å²) in [7, 11) is 0. The van der Waals surface area contributed by atoms with Crippen molar-refractivity contribution in [3.8, 4) is 5.69 Å². The predicted octanol–water partition coefficient (Wildman–Crippen LogP) is 3.68. The maximum Gasteiger partial charge on any atom is 0.233 e. The normalized spacial score (nSPS) is 19.1. The van der Waals surface area contributed by atoms with Crippen LogP contribution >= 0.6 is 11.8 Å². The Morgan fingerprint density at radius 3 is 2.56 bits per heavy atom. The third-order valence-corrected chi connectivity index (χ3v) is 6.01. The monoisotopic (exact) mass is 356 g/mol. The van der Waals surface area contributed by atoms with E-state index in [-0.39, 0.29) is 11.2 Å². The molecule has 2 aliphatic carbocycles. The molecule has 1 aromatic carbocycles. The predicted molar refractivity (Wildman–Crippen MR) is 99.1 cm³/mol. The number of carbonyl (C=O) groups is 1. The molecule has 1 N–H and O–H groups in total. The second-order valence-electron chi connectivity index (χ2n) is 7.04. The van der Waals surface area contributed by atoms with Crippen molar-refractivity contribution in [1.82, 2.24) is 20.1 Å². The lowest BCUT2D eigenvalue weighted by Gasteiger charge is -2.16. The number of amides is 1. The smallest absolute Gasteiger partial charge is 0.233 e. The van der Waals surface area contributed by atoms with Gasteiger partial charge in [0.25, 0.3) is 0 Å². The maximum absolute atomic E-state index is 12.5. The van der Waals surface area contributed by atoms with Gasteiger partial charge in [-0.1, -0.05) is 42.8 Å². The second kappa shape index (κ2) is 7.20. The highest BCUT2D eigenvalue weighted by atomic mass is 32.2. The number of hydrogen-bond donors (Lipinski definition) is 1. The highest BCUT2D eigenvalue weighted by Crippen LogP contribution is 2.41. The van der Waals surface area contributed by atoms with Gasteiger partial charge in [-0.3, -0.25) is 9.36 Å². The number of nitrogens with one attached hydrogen (secondary N) is 1. The molecule has 25 heavy (non-hydrogen) atoms. The molecule has 0 bridgehead atoms. The Kier molecular flexibility index (Phi) is 4.79. The summed E-state index contributed by atoms with van der Waals surface area (Å²) in [6.07, 6.45) is 7.00. The number of thioether (sulfide) groups is 1. The number of nitrogens with zero attached hydrogens (tertiary/aromatic N) is 3. The lowest BCUT2D eigenvalue weighted by molar-refractivity contribution is -0.120. The molecule has 6 heteroatoms. The topological polar surface area (TPSA) is 59.8 Å². The Bertz CT molecular complexity index is 735. The average molecular weight is 356 g/mol. The number of benzene rings is 1. The van der Waals surface area contributed by atoms with Crippen molar-refractivity contribution in [2.24, 2.45) is 0 Å². The van der Waals surface area contributed by atoms with Crippen LogP contribution in [-0.4, -0.2) is 32.0 Å². The number of rotatable bonds is 6. The molecule has 0 spiro atoms. The first-order valence-corrected chi connectivity index (χ1v) is 10.1. The zero-order valence-corrected chi connectivity index (χ0v) is 15.3. The van der Waals surface area contributed by atoms with E-state index in [1.807, 2.05) is 25.1 Å². The van der Waals surface area contributed by atoms with Crippen LogP contribution in [-0.2, 0) is 4.79 Å². The van der Waals surface area contributed by atoms with E-state index >= 15 is 0 Å². The fraction of sp³-hybridized carbons (Fsp3) is 0.526. The third-order valence-electron chi connectivity index (χ3n) is 4.97. The zero-order valence-electron chi connectivity index (χ0n) is 14.5. The molecule has 1 heterocycles. The molecule has 5 nitrogen and oxygen atoms in total. The summed E-state index contributed by atoms with van der Waals surface area (Å²) in [6, 6.07) is 10.6. The molecule has 2 aliphatic rings. The minimum atomic E-state index is -0.181. The Hall–Kier alpha value is -1.82. The summed E-state index contributed by atoms with van der Waals surface area (Å²) in [6.45, 7) is 1.95. The van der Waals surface area contributed by atoms with Crippen LogP contribution in [0.5, 0.6) is 0 Å². The molecule has 2 saturated carbocycles. The van der Waals surface area contributed by atoms with Crippen LogP contribution in [0.4, 0.5) is 0 Å². The van der Waals surface area contributed by atoms with Gasteiger partial charge in [0.2, 0.25) is 5.91 Å². The van der Waals surface area contributed by atoms with Gasteiger partial charge in [0.05, 0.1) is 5.25 Å². The van der Waals surface area contributed by atoms with E-state index in [4.69, 9.17) is 0 Å². The molecule has 0 saturated heterocycles. The molecule has 2 fully saturated rings. The van der Waals surface area contributed by atoms with Gasteiger partial charge in [0, 0.05) is 17.6 Å². The van der Waals surface area contributed by atoms with E-state index < -0.39 is 0 Å². The van der Waals surface area contributed by atoms with Crippen LogP contribution in [0.15, 0.2) is 35.5 Å². The van der Waals surface area contributed by atoms with E-state index in [9.17, 15) is 4.79 Å². The summed E-state index contributed by atoms with van der Waals surface area (Å²) in [5, 5.41) is 12.6. The van der Waals surface area contributed by atoms with Gasteiger partial charge >= 0.3 is 0 Å². The van der Waals surface area contributed by atoms with Crippen LogP contribution in [0.2, 0.25) is 0 Å². The van der Waals surface area contributed by atoms with Crippen molar-refractivity contribution < 1.29 is 4.79 Å². The molecule has 2 aromatic rings. The minimum absolute atomic E-state index is 0.104. The van der Waals surface area contributed by atoms with E-state index in [1.165, 1.54) is 37.4 Å². The zero-order chi connectivity index (χ0) is 17.2. The first-order valence-electron chi connectivity index (χ1n) is 9.20. The quantitative estimate of drug-likeness (QED) is 0.802. The van der Waals surface area contributed by atoms with Gasteiger partial charge < -0.3 is 5.32 Å². The van der Waals surface area contributed by atoms with Crippen molar-refractivity contribution in [1.29, 1.82) is 0 Å². The standard InChI is InChI=1S/C19H24N4OS/c1-13(18(24)20-15-7-5-6-8-15)25-19-22-21-17(14-11-12-14)23(19)16-9-3-2-4-10-16/h2-4,9-10,13-15H,5-8,11-12H2,1H3,(H,20,24). The molecule has 4 rings (SSSR count). The summed E-state index contributed by atoms with van der Waals surface area (Å²) < 4.78 is 2.13. The van der Waals surface area contributed by atoms with E-state index in [0.717, 1.165) is 29.5 Å². The molecule has 1 atom stereocenters. The highest BCUT2D eigenvalue weighted by molar-refractivity contribution is 8.00. The van der Waals surface area contributed by atoms with Crippen LogP contribution in [0.3, 0.4) is 0 Å². The summed E-state index contributed by atoms with van der Waals surface area (Å²) in [5.41, 5.74) is 1.07. The molecule has 1 aromatic heterocycles. The number of hydrogen-bond acceptors (Lipinski definition) is 4. The molecule has 1 unspecified atom stereocenters. The minimum Gasteiger partial charge on any atom is -0.352 e. The van der Waals surface area contributed by atoms with Gasteiger partial charge in [-0.25, -0.2) is 0 Å². The average Bonchev–Trinajstić information content (AvgIpc) is 3.18. The van der Waals surface area contributed by atoms with Gasteiger partial charge in [-0.15, -0.1) is 10.2 Å². The van der Waals surface area contributed by atoms with Crippen molar-refractivity contribution in [2.75, 3.05) is 0 Å². The van der Waals surface area contributed by atoms with Crippen LogP contribution in [0.25, 0.3) is 5.69 Å². The number of aromatic nitrogens is 3. The van der Waals surface area contributed by atoms with Crippen molar-refractivity contribution in [3.63, 3.8) is 0 Å². The summed E-state index contributed by atoms with van der Waals surface area (Å²) >= 11 is 1.50. The van der Waals surface area contributed by atoms with Gasteiger partial charge in [0.15, 0.2) is 5.16 Å².